The van der Waals surface area contributed by atoms with Gasteiger partial charge in [0.25, 0.3) is 0 Å². The summed E-state index contributed by atoms with van der Waals surface area (Å²) >= 11 is 5.88. The number of fused-ring (bicyclic) bond motifs is 1. The Hall–Kier alpha value is -2.85. The number of nitriles is 1. The number of allylic oxidation sites excluding steroid dienone is 1. The van der Waals surface area contributed by atoms with Gasteiger partial charge in [0.2, 0.25) is 5.89 Å². The van der Waals surface area contributed by atoms with Crippen LogP contribution in [0.3, 0.4) is 0 Å². The molecule has 0 fully saturated rings. The number of hydrogen-bond donors (Lipinski definition) is 1. The molecule has 0 aliphatic heterocycles. The Kier molecular flexibility index (Phi) is 3.07. The molecule has 0 unspecified atom stereocenters. The summed E-state index contributed by atoms with van der Waals surface area (Å²) in [6.45, 7) is 0. The van der Waals surface area contributed by atoms with Crippen LogP contribution in [-0.4, -0.2) is 19.9 Å². The van der Waals surface area contributed by atoms with Gasteiger partial charge in [0.1, 0.15) is 29.8 Å². The molecule has 0 amide bonds. The molecule has 0 bridgehead atoms. The molecule has 0 saturated heterocycles. The number of halogens is 1. The van der Waals surface area contributed by atoms with E-state index in [0.29, 0.717) is 16.1 Å². The van der Waals surface area contributed by atoms with Gasteiger partial charge in [0, 0.05) is 11.2 Å². The third kappa shape index (κ3) is 2.32. The van der Waals surface area contributed by atoms with E-state index in [-0.39, 0.29) is 11.5 Å². The molecule has 20 heavy (non-hydrogen) atoms. The van der Waals surface area contributed by atoms with Crippen molar-refractivity contribution in [3.63, 3.8) is 0 Å². The smallest absolute Gasteiger partial charge is 0.239 e. The van der Waals surface area contributed by atoms with Gasteiger partial charge in [-0.3, -0.25) is 5.43 Å². The molecule has 0 aliphatic rings. The lowest BCUT2D eigenvalue weighted by Crippen LogP contribution is -2.05. The molecule has 98 valence electrons. The maximum atomic E-state index is 9.16. The molecule has 0 spiro atoms. The van der Waals surface area contributed by atoms with Crippen LogP contribution in [0.15, 0.2) is 41.5 Å². The van der Waals surface area contributed by atoms with E-state index in [1.807, 2.05) is 6.07 Å². The number of nitrogens with one attached hydrogen (secondary N) is 1. The number of oxazole rings is 1. The third-order valence-corrected chi connectivity index (χ3v) is 2.71. The van der Waals surface area contributed by atoms with Crippen LogP contribution in [-0.2, 0) is 0 Å². The summed E-state index contributed by atoms with van der Waals surface area (Å²) in [5.41, 5.74) is 4.21. The predicted molar refractivity (Wildman–Crippen MR) is 72.0 cm³/mol. The van der Waals surface area contributed by atoms with Crippen LogP contribution in [0.1, 0.15) is 5.89 Å². The minimum atomic E-state index is 0.213. The maximum absolute atomic E-state index is 9.16. The minimum absolute atomic E-state index is 0.213. The van der Waals surface area contributed by atoms with Gasteiger partial charge in [-0.15, -0.1) is 10.2 Å². The third-order valence-electron chi connectivity index (χ3n) is 2.48. The molecule has 0 atom stereocenters. The molecule has 3 rings (SSSR count). The molecule has 2 aromatic heterocycles. The number of hydrogen-bond acceptors (Lipinski definition) is 6. The minimum Gasteiger partial charge on any atom is -0.435 e. The van der Waals surface area contributed by atoms with E-state index < -0.39 is 0 Å². The van der Waals surface area contributed by atoms with Gasteiger partial charge >= 0.3 is 0 Å². The Bertz CT molecular complexity index is 814. The Morgan fingerprint density at radius 1 is 1.40 bits per heavy atom. The average molecular weight is 287 g/mol. The van der Waals surface area contributed by atoms with Gasteiger partial charge in [-0.25, -0.2) is 9.66 Å². The zero-order chi connectivity index (χ0) is 13.9. The predicted octanol–water partition coefficient (Wildman–Crippen LogP) is 2.18. The van der Waals surface area contributed by atoms with Gasteiger partial charge in [0.15, 0.2) is 5.58 Å². The van der Waals surface area contributed by atoms with E-state index in [1.54, 1.807) is 18.2 Å². The molecule has 2 heterocycles. The topological polar surface area (TPSA) is 92.6 Å². The van der Waals surface area contributed by atoms with E-state index in [2.05, 4.69) is 20.6 Å². The van der Waals surface area contributed by atoms with Crippen LogP contribution in [0.2, 0.25) is 5.02 Å². The van der Waals surface area contributed by atoms with Crippen LogP contribution in [0.25, 0.3) is 16.7 Å². The lowest BCUT2D eigenvalue weighted by Gasteiger charge is -1.98. The van der Waals surface area contributed by atoms with Crippen molar-refractivity contribution in [1.82, 2.24) is 19.9 Å². The highest BCUT2D eigenvalue weighted by atomic mass is 35.5. The molecule has 0 aliphatic carbocycles. The van der Waals surface area contributed by atoms with Crippen molar-refractivity contribution in [2.75, 3.05) is 5.43 Å². The second-order valence-electron chi connectivity index (χ2n) is 3.80. The summed E-state index contributed by atoms with van der Waals surface area (Å²) < 4.78 is 6.99. The van der Waals surface area contributed by atoms with E-state index in [9.17, 15) is 0 Å². The summed E-state index contributed by atoms with van der Waals surface area (Å²) in [7, 11) is 0. The highest BCUT2D eigenvalue weighted by Crippen LogP contribution is 2.23. The maximum Gasteiger partial charge on any atom is 0.239 e. The normalized spacial score (nSPS) is 11.5. The first-order chi connectivity index (χ1) is 9.76. The van der Waals surface area contributed by atoms with Crippen molar-refractivity contribution in [1.29, 1.82) is 5.26 Å². The molecule has 0 radical (unpaired) electrons. The standard InChI is InChI=1S/C12H7ClN6O/c13-9-1-2-11-10(3-9)18-12(20-11)8(4-14)5-17-19-6-15-16-7-19/h1-3,5-7,17H. The van der Waals surface area contributed by atoms with E-state index in [0.717, 1.165) is 0 Å². The fourth-order valence-electron chi connectivity index (χ4n) is 1.56. The van der Waals surface area contributed by atoms with E-state index >= 15 is 0 Å². The Balaban J connectivity index is 1.95. The average Bonchev–Trinajstić information content (AvgIpc) is 3.08. The summed E-state index contributed by atoms with van der Waals surface area (Å²) in [5.74, 6) is 0.213. The molecule has 1 aromatic carbocycles. The first kappa shape index (κ1) is 12.2. The van der Waals surface area contributed by atoms with Crippen molar-refractivity contribution >= 4 is 28.3 Å². The van der Waals surface area contributed by atoms with Crippen LogP contribution in [0.4, 0.5) is 0 Å². The van der Waals surface area contributed by atoms with E-state index in [1.165, 1.54) is 23.5 Å². The number of aromatic nitrogens is 4. The molecular weight excluding hydrogens is 280 g/mol. The van der Waals surface area contributed by atoms with Crippen LogP contribution >= 0.6 is 11.6 Å². The fourth-order valence-corrected chi connectivity index (χ4v) is 1.73. The van der Waals surface area contributed by atoms with Crippen molar-refractivity contribution in [3.8, 4) is 6.07 Å². The van der Waals surface area contributed by atoms with Gasteiger partial charge < -0.3 is 4.42 Å². The summed E-state index contributed by atoms with van der Waals surface area (Å²) in [5, 5.41) is 17.0. The SMILES string of the molecule is N#CC(=CNn1cnnc1)c1nc2cc(Cl)ccc2o1. The molecule has 7 nitrogen and oxygen atoms in total. The van der Waals surface area contributed by atoms with Gasteiger partial charge in [-0.1, -0.05) is 11.6 Å². The quantitative estimate of drug-likeness (QED) is 0.742. The number of nitrogens with zero attached hydrogens (tertiary/aromatic N) is 5. The largest absolute Gasteiger partial charge is 0.435 e. The molecule has 0 saturated carbocycles. The highest BCUT2D eigenvalue weighted by molar-refractivity contribution is 6.31. The lowest BCUT2D eigenvalue weighted by atomic mass is 10.3. The fraction of sp³-hybridized carbons (Fsp3) is 0. The summed E-state index contributed by atoms with van der Waals surface area (Å²) in [6, 6.07) is 7.09. The van der Waals surface area contributed by atoms with Gasteiger partial charge in [-0.05, 0) is 18.2 Å². The molecular formula is C12H7ClN6O. The van der Waals surface area contributed by atoms with Crippen LogP contribution in [0, 0.1) is 11.3 Å². The van der Waals surface area contributed by atoms with Gasteiger partial charge in [-0.2, -0.15) is 5.26 Å². The van der Waals surface area contributed by atoms with E-state index in [4.69, 9.17) is 21.3 Å². The number of benzene rings is 1. The Morgan fingerprint density at radius 2 is 2.20 bits per heavy atom. The highest BCUT2D eigenvalue weighted by Gasteiger charge is 2.10. The molecule has 3 aromatic rings. The summed E-state index contributed by atoms with van der Waals surface area (Å²) in [6.07, 6.45) is 4.37. The summed E-state index contributed by atoms with van der Waals surface area (Å²) in [4.78, 5) is 4.22. The zero-order valence-corrected chi connectivity index (χ0v) is 10.7. The van der Waals surface area contributed by atoms with Crippen molar-refractivity contribution in [3.05, 3.63) is 48.0 Å². The van der Waals surface area contributed by atoms with Crippen molar-refractivity contribution in [2.24, 2.45) is 0 Å². The van der Waals surface area contributed by atoms with Gasteiger partial charge in [0.05, 0.1) is 0 Å². The number of rotatable bonds is 3. The van der Waals surface area contributed by atoms with Crippen LogP contribution < -0.4 is 5.43 Å². The monoisotopic (exact) mass is 286 g/mol. The zero-order valence-electron chi connectivity index (χ0n) is 9.99. The first-order valence-electron chi connectivity index (χ1n) is 5.54. The second-order valence-corrected chi connectivity index (χ2v) is 4.24. The molecule has 1 N–H and O–H groups in total. The Labute approximate surface area is 118 Å². The second kappa shape index (κ2) is 5.03. The van der Waals surface area contributed by atoms with Crippen molar-refractivity contribution < 1.29 is 4.42 Å². The van der Waals surface area contributed by atoms with Crippen molar-refractivity contribution in [2.45, 2.75) is 0 Å². The Morgan fingerprint density at radius 3 is 2.95 bits per heavy atom. The van der Waals surface area contributed by atoms with Crippen LogP contribution in [0.5, 0.6) is 0 Å². The lowest BCUT2D eigenvalue weighted by molar-refractivity contribution is 0.586. The molecule has 8 heteroatoms. The first-order valence-corrected chi connectivity index (χ1v) is 5.92.